The van der Waals surface area contributed by atoms with Crippen molar-refractivity contribution in [3.8, 4) is 0 Å². The summed E-state index contributed by atoms with van der Waals surface area (Å²) in [4.78, 5) is 0. The van der Waals surface area contributed by atoms with Crippen LogP contribution in [0, 0.1) is 3.57 Å². The zero-order valence-electron chi connectivity index (χ0n) is 8.24. The van der Waals surface area contributed by atoms with E-state index in [9.17, 15) is 5.11 Å². The average Bonchev–Trinajstić information content (AvgIpc) is 2.18. The summed E-state index contributed by atoms with van der Waals surface area (Å²) in [5.41, 5.74) is 1.22. The number of hydrogen-bond donors (Lipinski definition) is 1. The third-order valence-electron chi connectivity index (χ3n) is 1.90. The highest BCUT2D eigenvalue weighted by Gasteiger charge is 2.04. The van der Waals surface area contributed by atoms with Crippen LogP contribution in [0.5, 0.6) is 0 Å². The molecule has 0 saturated carbocycles. The van der Waals surface area contributed by atoms with Crippen LogP contribution in [0.4, 0.5) is 0 Å². The molecule has 1 rings (SSSR count). The molecule has 1 nitrogen and oxygen atoms in total. The SMILES string of the molecule is CCSCC(O)Cc1ccc(I)cc1. The van der Waals surface area contributed by atoms with Gasteiger partial charge in [0.1, 0.15) is 0 Å². The van der Waals surface area contributed by atoms with E-state index < -0.39 is 0 Å². The van der Waals surface area contributed by atoms with Crippen molar-refractivity contribution < 1.29 is 5.11 Å². The Labute approximate surface area is 103 Å². The zero-order valence-corrected chi connectivity index (χ0v) is 11.2. The van der Waals surface area contributed by atoms with Crippen LogP contribution < -0.4 is 0 Å². The van der Waals surface area contributed by atoms with Crippen LogP contribution in [0.25, 0.3) is 0 Å². The minimum Gasteiger partial charge on any atom is -0.392 e. The Hall–Kier alpha value is 0.260. The van der Waals surface area contributed by atoms with Crippen molar-refractivity contribution in [3.63, 3.8) is 0 Å². The highest BCUT2D eigenvalue weighted by molar-refractivity contribution is 14.1. The molecule has 3 heteroatoms. The molecule has 0 amide bonds. The summed E-state index contributed by atoms with van der Waals surface area (Å²) in [6.07, 6.45) is 0.559. The van der Waals surface area contributed by atoms with Gasteiger partial charge in [0.2, 0.25) is 0 Å². The van der Waals surface area contributed by atoms with Crippen LogP contribution in [-0.2, 0) is 6.42 Å². The number of benzene rings is 1. The maximum atomic E-state index is 9.68. The van der Waals surface area contributed by atoms with E-state index in [1.807, 2.05) is 0 Å². The van der Waals surface area contributed by atoms with Gasteiger partial charge in [-0.05, 0) is 52.5 Å². The number of halogens is 1. The Morgan fingerprint density at radius 2 is 2.00 bits per heavy atom. The second-order valence-electron chi connectivity index (χ2n) is 3.14. The number of aliphatic hydroxyl groups excluding tert-OH is 1. The Balaban J connectivity index is 2.39. The van der Waals surface area contributed by atoms with Crippen molar-refractivity contribution in [1.82, 2.24) is 0 Å². The second-order valence-corrected chi connectivity index (χ2v) is 5.71. The Bertz CT molecular complexity index is 260. The van der Waals surface area contributed by atoms with Crippen LogP contribution in [0.2, 0.25) is 0 Å². The standard InChI is InChI=1S/C11H15IOS/c1-2-14-8-11(13)7-9-3-5-10(12)6-4-9/h3-6,11,13H,2,7-8H2,1H3. The predicted octanol–water partition coefficient (Wildman–Crippen LogP) is 2.95. The normalized spacial score (nSPS) is 12.8. The molecule has 78 valence electrons. The first-order valence-electron chi connectivity index (χ1n) is 4.72. The van der Waals surface area contributed by atoms with Crippen molar-refractivity contribution >= 4 is 34.4 Å². The number of aliphatic hydroxyl groups is 1. The Kier molecular flexibility index (Phi) is 5.89. The molecule has 14 heavy (non-hydrogen) atoms. The molecular weight excluding hydrogens is 307 g/mol. The molecule has 0 spiro atoms. The highest BCUT2D eigenvalue weighted by Crippen LogP contribution is 2.11. The van der Waals surface area contributed by atoms with Gasteiger partial charge in [0.25, 0.3) is 0 Å². The van der Waals surface area contributed by atoms with Gasteiger partial charge in [0, 0.05) is 9.32 Å². The number of rotatable bonds is 5. The largest absolute Gasteiger partial charge is 0.392 e. The van der Waals surface area contributed by atoms with Gasteiger partial charge >= 0.3 is 0 Å². The second kappa shape index (κ2) is 6.69. The molecule has 0 aliphatic carbocycles. The molecule has 0 fully saturated rings. The molecule has 0 bridgehead atoms. The van der Waals surface area contributed by atoms with Crippen LogP contribution in [-0.4, -0.2) is 22.7 Å². The van der Waals surface area contributed by atoms with Gasteiger partial charge in [0.05, 0.1) is 6.10 Å². The Morgan fingerprint density at radius 1 is 1.36 bits per heavy atom. The molecule has 1 aromatic carbocycles. The minimum absolute atomic E-state index is 0.208. The van der Waals surface area contributed by atoms with Gasteiger partial charge in [-0.25, -0.2) is 0 Å². The van der Waals surface area contributed by atoms with Gasteiger partial charge in [-0.3, -0.25) is 0 Å². The molecule has 1 aromatic rings. The van der Waals surface area contributed by atoms with Crippen molar-refractivity contribution in [3.05, 3.63) is 33.4 Å². The van der Waals surface area contributed by atoms with Gasteiger partial charge in [0.15, 0.2) is 0 Å². The molecule has 1 atom stereocenters. The summed E-state index contributed by atoms with van der Waals surface area (Å²) < 4.78 is 1.24. The summed E-state index contributed by atoms with van der Waals surface area (Å²) >= 11 is 4.07. The lowest BCUT2D eigenvalue weighted by molar-refractivity contribution is 0.200. The first-order chi connectivity index (χ1) is 6.72. The van der Waals surface area contributed by atoms with Gasteiger partial charge in [-0.2, -0.15) is 11.8 Å². The molecule has 0 heterocycles. The van der Waals surface area contributed by atoms with E-state index in [2.05, 4.69) is 53.8 Å². The van der Waals surface area contributed by atoms with E-state index in [4.69, 9.17) is 0 Å². The van der Waals surface area contributed by atoms with E-state index in [1.54, 1.807) is 11.8 Å². The summed E-state index contributed by atoms with van der Waals surface area (Å²) in [5, 5.41) is 9.68. The first-order valence-corrected chi connectivity index (χ1v) is 6.96. The van der Waals surface area contributed by atoms with Crippen molar-refractivity contribution in [2.45, 2.75) is 19.4 Å². The third kappa shape index (κ3) is 4.66. The third-order valence-corrected chi connectivity index (χ3v) is 3.65. The number of thioether (sulfide) groups is 1. The van der Waals surface area contributed by atoms with Crippen LogP contribution in [0.3, 0.4) is 0 Å². The van der Waals surface area contributed by atoms with Crippen LogP contribution >= 0.6 is 34.4 Å². The summed E-state index contributed by atoms with van der Waals surface area (Å²) in [7, 11) is 0. The highest BCUT2D eigenvalue weighted by atomic mass is 127. The van der Waals surface area contributed by atoms with E-state index >= 15 is 0 Å². The van der Waals surface area contributed by atoms with E-state index in [1.165, 1.54) is 9.13 Å². The van der Waals surface area contributed by atoms with E-state index in [0.29, 0.717) is 0 Å². The maximum Gasteiger partial charge on any atom is 0.0670 e. The predicted molar refractivity (Wildman–Crippen MR) is 71.9 cm³/mol. The maximum absolute atomic E-state index is 9.68. The Morgan fingerprint density at radius 3 is 2.57 bits per heavy atom. The molecule has 0 aliphatic rings. The topological polar surface area (TPSA) is 20.2 Å². The average molecular weight is 322 g/mol. The van der Waals surface area contributed by atoms with Crippen molar-refractivity contribution in [2.24, 2.45) is 0 Å². The fraction of sp³-hybridized carbons (Fsp3) is 0.455. The minimum atomic E-state index is -0.208. The fourth-order valence-corrected chi connectivity index (χ4v) is 2.19. The summed E-state index contributed by atoms with van der Waals surface area (Å²) in [6, 6.07) is 8.33. The van der Waals surface area contributed by atoms with Crippen molar-refractivity contribution in [1.29, 1.82) is 0 Å². The lowest BCUT2D eigenvalue weighted by Gasteiger charge is -2.09. The monoisotopic (exact) mass is 322 g/mol. The quantitative estimate of drug-likeness (QED) is 0.841. The molecule has 0 aromatic heterocycles. The van der Waals surface area contributed by atoms with Gasteiger partial charge in [-0.15, -0.1) is 0 Å². The smallest absolute Gasteiger partial charge is 0.0670 e. The van der Waals surface area contributed by atoms with Crippen molar-refractivity contribution in [2.75, 3.05) is 11.5 Å². The summed E-state index contributed by atoms with van der Waals surface area (Å²) in [5.74, 6) is 1.91. The first kappa shape index (κ1) is 12.3. The van der Waals surface area contributed by atoms with E-state index in [-0.39, 0.29) is 6.10 Å². The van der Waals surface area contributed by atoms with Gasteiger partial charge in [-0.1, -0.05) is 19.1 Å². The lowest BCUT2D eigenvalue weighted by atomic mass is 10.1. The summed E-state index contributed by atoms with van der Waals surface area (Å²) in [6.45, 7) is 2.11. The van der Waals surface area contributed by atoms with Crippen LogP contribution in [0.1, 0.15) is 12.5 Å². The molecular formula is C11H15IOS. The molecule has 1 unspecified atom stereocenters. The lowest BCUT2D eigenvalue weighted by Crippen LogP contribution is -2.13. The zero-order chi connectivity index (χ0) is 10.4. The molecule has 0 radical (unpaired) electrons. The van der Waals surface area contributed by atoms with E-state index in [0.717, 1.165) is 17.9 Å². The fourth-order valence-electron chi connectivity index (χ4n) is 1.21. The van der Waals surface area contributed by atoms with Crippen LogP contribution in [0.15, 0.2) is 24.3 Å². The molecule has 0 saturated heterocycles. The molecule has 0 aliphatic heterocycles. The number of hydrogen-bond acceptors (Lipinski definition) is 2. The van der Waals surface area contributed by atoms with Gasteiger partial charge < -0.3 is 5.11 Å². The molecule has 1 N–H and O–H groups in total.